The first-order valence-electron chi connectivity index (χ1n) is 4.41. The first-order valence-corrected chi connectivity index (χ1v) is 4.41. The Hall–Kier alpha value is -2.11. The number of nitrogens with one attached hydrogen (secondary N) is 1. The van der Waals surface area contributed by atoms with Gasteiger partial charge in [-0.1, -0.05) is 9.94 Å². The lowest BCUT2D eigenvalue weighted by atomic mass is 10.0. The number of fused-ring (bicyclic) bond motifs is 1. The molecule has 0 radical (unpaired) electrons. The van der Waals surface area contributed by atoms with E-state index in [1.54, 1.807) is 0 Å². The van der Waals surface area contributed by atoms with E-state index in [0.717, 1.165) is 11.1 Å². The quantitative estimate of drug-likeness (QED) is 0.538. The molecule has 1 aliphatic heterocycles. The average molecular weight is 205 g/mol. The number of nitrogens with zero attached hydrogens (tertiary/aromatic N) is 3. The van der Waals surface area contributed by atoms with Gasteiger partial charge in [0.15, 0.2) is 0 Å². The van der Waals surface area contributed by atoms with Gasteiger partial charge in [-0.15, -0.1) is 0 Å². The molecule has 4 N–H and O–H groups in total. The van der Waals surface area contributed by atoms with E-state index < -0.39 is 0 Å². The molecule has 0 saturated heterocycles. The van der Waals surface area contributed by atoms with E-state index >= 15 is 0 Å². The molecule has 0 aromatic rings. The molecule has 0 fully saturated rings. The summed E-state index contributed by atoms with van der Waals surface area (Å²) in [7, 11) is 0. The Morgan fingerprint density at radius 2 is 2.07 bits per heavy atom. The van der Waals surface area contributed by atoms with Crippen LogP contribution < -0.4 is 11.1 Å². The van der Waals surface area contributed by atoms with E-state index in [1.807, 2.05) is 13.8 Å². The number of rotatable bonds is 0. The van der Waals surface area contributed by atoms with E-state index in [1.165, 1.54) is 6.07 Å². The highest BCUT2D eigenvalue weighted by Gasteiger charge is 2.15. The Labute approximate surface area is 85.8 Å². The number of benzene rings is 1. The van der Waals surface area contributed by atoms with Crippen molar-refractivity contribution in [2.75, 3.05) is 5.73 Å². The molecule has 0 unspecified atom stereocenters. The first kappa shape index (κ1) is 9.45. The van der Waals surface area contributed by atoms with Crippen molar-refractivity contribution in [2.45, 2.75) is 13.8 Å². The molecular formula is C9H11N5O. The van der Waals surface area contributed by atoms with Crippen molar-refractivity contribution in [2.24, 2.45) is 0 Å². The van der Waals surface area contributed by atoms with Gasteiger partial charge in [0.05, 0.1) is 11.1 Å². The van der Waals surface area contributed by atoms with Gasteiger partial charge in [0.1, 0.15) is 5.69 Å². The van der Waals surface area contributed by atoms with Crippen molar-refractivity contribution in [1.29, 1.82) is 5.41 Å². The van der Waals surface area contributed by atoms with Crippen LogP contribution in [0, 0.1) is 19.3 Å². The lowest BCUT2D eigenvalue weighted by Gasteiger charge is -2.12. The molecule has 0 aromatic carbocycles. The van der Waals surface area contributed by atoms with Crippen molar-refractivity contribution < 1.29 is 5.21 Å². The van der Waals surface area contributed by atoms with Crippen LogP contribution in [0.15, 0.2) is 6.07 Å². The Morgan fingerprint density at radius 1 is 1.40 bits per heavy atom. The lowest BCUT2D eigenvalue weighted by Crippen LogP contribution is -2.17. The molecule has 6 heteroatoms. The number of hydrogen-bond donors (Lipinski definition) is 3. The van der Waals surface area contributed by atoms with E-state index in [9.17, 15) is 5.21 Å². The van der Waals surface area contributed by atoms with Crippen LogP contribution in [0.1, 0.15) is 11.1 Å². The molecular weight excluding hydrogens is 194 g/mol. The van der Waals surface area contributed by atoms with E-state index in [4.69, 9.17) is 11.1 Å². The molecule has 78 valence electrons. The second-order valence-electron chi connectivity index (χ2n) is 3.40. The van der Waals surface area contributed by atoms with Crippen LogP contribution in [-0.2, 0) is 0 Å². The van der Waals surface area contributed by atoms with Crippen LogP contribution in [0.5, 0.6) is 0 Å². The number of nitrogens with two attached hydrogens (primary N) is 1. The fourth-order valence-electron chi connectivity index (χ4n) is 1.47. The Kier molecular flexibility index (Phi) is 1.85. The Bertz CT molecular complexity index is 560. The largest absolute Gasteiger partial charge is 0.411 e. The monoisotopic (exact) mass is 205 g/mol. The summed E-state index contributed by atoms with van der Waals surface area (Å²) in [5, 5.41) is 21.1. The molecule has 2 rings (SSSR count). The molecule has 1 heterocycles. The summed E-state index contributed by atoms with van der Waals surface area (Å²) < 4.78 is 0. The summed E-state index contributed by atoms with van der Waals surface area (Å²) in [5.41, 5.74) is 8.03. The van der Waals surface area contributed by atoms with Gasteiger partial charge in [0.2, 0.25) is 5.95 Å². The zero-order valence-corrected chi connectivity index (χ0v) is 8.44. The first-order chi connectivity index (χ1) is 7.00. The van der Waals surface area contributed by atoms with Gasteiger partial charge in [-0.3, -0.25) is 0 Å². The SMILES string of the molecule is Cc1c2nc(N)nn(O)c-2cc(=N)c1C. The van der Waals surface area contributed by atoms with Crippen molar-refractivity contribution in [1.82, 2.24) is 14.9 Å². The zero-order chi connectivity index (χ0) is 11.2. The van der Waals surface area contributed by atoms with Gasteiger partial charge in [-0.05, 0) is 31.0 Å². The van der Waals surface area contributed by atoms with Gasteiger partial charge < -0.3 is 16.4 Å². The maximum atomic E-state index is 9.49. The average Bonchev–Trinajstić information content (AvgIpc) is 2.17. The molecule has 15 heavy (non-hydrogen) atoms. The number of nitrogen functional groups attached to an aromatic ring is 1. The third-order valence-electron chi connectivity index (χ3n) is 2.48. The number of anilines is 1. The van der Waals surface area contributed by atoms with Crippen molar-refractivity contribution in [3.05, 3.63) is 22.6 Å². The smallest absolute Gasteiger partial charge is 0.242 e. The number of hydrogen-bond acceptors (Lipinski definition) is 5. The van der Waals surface area contributed by atoms with Crippen molar-refractivity contribution in [3.63, 3.8) is 0 Å². The predicted molar refractivity (Wildman–Crippen MR) is 53.6 cm³/mol. The summed E-state index contributed by atoms with van der Waals surface area (Å²) in [6.07, 6.45) is 0. The van der Waals surface area contributed by atoms with Crippen LogP contribution in [-0.4, -0.2) is 20.1 Å². The molecule has 0 spiro atoms. The fourth-order valence-corrected chi connectivity index (χ4v) is 1.47. The number of aromatic nitrogens is 3. The fraction of sp³-hybridized carbons (Fsp3) is 0.222. The highest BCUT2D eigenvalue weighted by Crippen LogP contribution is 2.22. The Balaban J connectivity index is 2.98. The van der Waals surface area contributed by atoms with E-state index in [-0.39, 0.29) is 5.95 Å². The molecule has 2 aliphatic rings. The summed E-state index contributed by atoms with van der Waals surface area (Å²) in [5.74, 6) is 0.00484. The molecule has 0 aromatic heterocycles. The van der Waals surface area contributed by atoms with Crippen LogP contribution in [0.3, 0.4) is 0 Å². The molecule has 1 aliphatic carbocycles. The van der Waals surface area contributed by atoms with Gasteiger partial charge in [0.25, 0.3) is 0 Å². The molecule has 0 atom stereocenters. The van der Waals surface area contributed by atoms with Gasteiger partial charge >= 0.3 is 0 Å². The van der Waals surface area contributed by atoms with Gasteiger partial charge in [-0.2, -0.15) is 0 Å². The third kappa shape index (κ3) is 1.30. The van der Waals surface area contributed by atoms with Gasteiger partial charge in [0, 0.05) is 0 Å². The topological polar surface area (TPSA) is 101 Å². The summed E-state index contributed by atoms with van der Waals surface area (Å²) in [6.45, 7) is 3.67. The van der Waals surface area contributed by atoms with Crippen LogP contribution in [0.4, 0.5) is 5.95 Å². The standard InChI is InChI=1S/C9H11N5O/c1-4-5(2)8-7(3-6(4)10)14(15)13-9(11)12-8/h3,10,15H,1-2H3,(H2,11,13). The molecule has 0 saturated carbocycles. The maximum absolute atomic E-state index is 9.49. The maximum Gasteiger partial charge on any atom is 0.242 e. The minimum absolute atomic E-state index is 0.00484. The van der Waals surface area contributed by atoms with Gasteiger partial charge in [-0.25, -0.2) is 4.98 Å². The molecule has 0 bridgehead atoms. The molecule has 0 amide bonds. The highest BCUT2D eigenvalue weighted by molar-refractivity contribution is 5.62. The minimum Gasteiger partial charge on any atom is -0.411 e. The minimum atomic E-state index is 0.00484. The molecule has 6 nitrogen and oxygen atoms in total. The third-order valence-corrected chi connectivity index (χ3v) is 2.48. The lowest BCUT2D eigenvalue weighted by molar-refractivity contribution is 0.148. The Morgan fingerprint density at radius 3 is 2.73 bits per heavy atom. The van der Waals surface area contributed by atoms with Crippen LogP contribution in [0.25, 0.3) is 11.4 Å². The predicted octanol–water partition coefficient (Wildman–Crippen LogP) is 0.299. The summed E-state index contributed by atoms with van der Waals surface area (Å²) >= 11 is 0. The van der Waals surface area contributed by atoms with Crippen LogP contribution >= 0.6 is 0 Å². The second kappa shape index (κ2) is 2.94. The summed E-state index contributed by atoms with van der Waals surface area (Å²) in [4.78, 5) is 4.70. The van der Waals surface area contributed by atoms with Crippen molar-refractivity contribution >= 4 is 5.95 Å². The van der Waals surface area contributed by atoms with Crippen LogP contribution in [0.2, 0.25) is 0 Å². The zero-order valence-electron chi connectivity index (χ0n) is 8.44. The van der Waals surface area contributed by atoms with E-state index in [0.29, 0.717) is 21.6 Å². The highest BCUT2D eigenvalue weighted by atomic mass is 16.5. The van der Waals surface area contributed by atoms with E-state index in [2.05, 4.69) is 10.1 Å². The van der Waals surface area contributed by atoms with Crippen molar-refractivity contribution in [3.8, 4) is 11.4 Å². The summed E-state index contributed by atoms with van der Waals surface area (Å²) in [6, 6.07) is 1.51. The normalized spacial score (nSPS) is 10.8. The second-order valence-corrected chi connectivity index (χ2v) is 3.40.